The van der Waals surface area contributed by atoms with Gasteiger partial charge in [-0.1, -0.05) is 6.07 Å². The fourth-order valence-corrected chi connectivity index (χ4v) is 3.12. The van der Waals surface area contributed by atoms with E-state index in [1.165, 1.54) is 6.92 Å². The second kappa shape index (κ2) is 7.37. The molecule has 6 nitrogen and oxygen atoms in total. The number of phenols is 1. The van der Waals surface area contributed by atoms with Gasteiger partial charge in [0.2, 0.25) is 0 Å². The number of aliphatic hydroxyl groups excluding tert-OH is 2. The molecule has 4 unspecified atom stereocenters. The molecule has 1 aliphatic heterocycles. The zero-order valence-electron chi connectivity index (χ0n) is 14.7. The van der Waals surface area contributed by atoms with Crippen LogP contribution >= 0.6 is 0 Å². The zero-order chi connectivity index (χ0) is 18.1. The number of aromatic hydroxyl groups is 1. The van der Waals surface area contributed by atoms with Gasteiger partial charge in [-0.05, 0) is 38.0 Å². The summed E-state index contributed by atoms with van der Waals surface area (Å²) in [5.74, 6) is 0.153. The molecule has 0 aromatic heterocycles. The summed E-state index contributed by atoms with van der Waals surface area (Å²) in [6.45, 7) is 5.16. The molecule has 0 aliphatic carbocycles. The number of aliphatic hydroxyl groups is 3. The molecule has 1 aromatic rings. The van der Waals surface area contributed by atoms with E-state index in [4.69, 9.17) is 9.47 Å². The third kappa shape index (κ3) is 4.07. The van der Waals surface area contributed by atoms with E-state index >= 15 is 0 Å². The van der Waals surface area contributed by atoms with Crippen molar-refractivity contribution in [3.8, 4) is 5.75 Å². The Morgan fingerprint density at radius 2 is 2.00 bits per heavy atom. The molecule has 24 heavy (non-hydrogen) atoms. The van der Waals surface area contributed by atoms with Crippen LogP contribution in [-0.4, -0.2) is 51.4 Å². The van der Waals surface area contributed by atoms with Gasteiger partial charge in [-0.25, -0.2) is 0 Å². The van der Waals surface area contributed by atoms with E-state index in [1.54, 1.807) is 33.1 Å². The van der Waals surface area contributed by atoms with Gasteiger partial charge in [0.05, 0.1) is 36.6 Å². The number of fused-ring (bicyclic) bond motifs is 1. The summed E-state index contributed by atoms with van der Waals surface area (Å²) < 4.78 is 11.2. The first kappa shape index (κ1) is 19.1. The maximum atomic E-state index is 10.2. The van der Waals surface area contributed by atoms with E-state index in [2.05, 4.69) is 0 Å². The van der Waals surface area contributed by atoms with Gasteiger partial charge in [-0.15, -0.1) is 0 Å². The second-order valence-corrected chi connectivity index (χ2v) is 7.06. The van der Waals surface area contributed by atoms with Crippen molar-refractivity contribution < 1.29 is 29.9 Å². The minimum atomic E-state index is -1.02. The molecule has 0 bridgehead atoms. The molecular weight excluding hydrogens is 312 g/mol. The van der Waals surface area contributed by atoms with Crippen LogP contribution < -0.4 is 0 Å². The first-order valence-electron chi connectivity index (χ1n) is 8.21. The minimum Gasteiger partial charge on any atom is -0.508 e. The van der Waals surface area contributed by atoms with E-state index in [0.717, 1.165) is 11.1 Å². The van der Waals surface area contributed by atoms with Gasteiger partial charge in [-0.2, -0.15) is 0 Å². The van der Waals surface area contributed by atoms with Crippen LogP contribution in [0.15, 0.2) is 12.1 Å². The molecule has 1 aromatic carbocycles. The number of phenolic OH excluding ortho intramolecular Hbond substituents is 1. The molecule has 6 heteroatoms. The van der Waals surface area contributed by atoms with Crippen molar-refractivity contribution in [2.24, 2.45) is 0 Å². The highest BCUT2D eigenvalue weighted by Crippen LogP contribution is 2.41. The molecule has 1 heterocycles. The van der Waals surface area contributed by atoms with Gasteiger partial charge in [0.25, 0.3) is 0 Å². The first-order chi connectivity index (χ1) is 11.1. The molecule has 0 saturated heterocycles. The van der Waals surface area contributed by atoms with Crippen molar-refractivity contribution in [3.05, 3.63) is 28.8 Å². The van der Waals surface area contributed by atoms with E-state index in [1.807, 2.05) is 0 Å². The van der Waals surface area contributed by atoms with Crippen molar-refractivity contribution in [1.82, 2.24) is 0 Å². The summed E-state index contributed by atoms with van der Waals surface area (Å²) >= 11 is 0. The second-order valence-electron chi connectivity index (χ2n) is 7.06. The summed E-state index contributed by atoms with van der Waals surface area (Å²) in [7, 11) is 1.55. The molecule has 0 spiro atoms. The van der Waals surface area contributed by atoms with Crippen molar-refractivity contribution in [2.75, 3.05) is 7.11 Å². The van der Waals surface area contributed by atoms with Crippen LogP contribution in [0.4, 0.5) is 0 Å². The summed E-state index contributed by atoms with van der Waals surface area (Å²) in [4.78, 5) is 0. The molecular formula is C18H28O6. The predicted molar refractivity (Wildman–Crippen MR) is 88.7 cm³/mol. The van der Waals surface area contributed by atoms with Crippen LogP contribution in [0.1, 0.15) is 50.0 Å². The number of rotatable bonds is 7. The lowest BCUT2D eigenvalue weighted by Crippen LogP contribution is -2.39. The van der Waals surface area contributed by atoms with E-state index in [9.17, 15) is 20.4 Å². The Kier molecular flexibility index (Phi) is 5.88. The average Bonchev–Trinajstić information content (AvgIpc) is 2.90. The Hall–Kier alpha value is -1.18. The minimum absolute atomic E-state index is 0.153. The maximum absolute atomic E-state index is 10.2. The van der Waals surface area contributed by atoms with Gasteiger partial charge in [0, 0.05) is 25.5 Å². The lowest BCUT2D eigenvalue weighted by atomic mass is 9.88. The molecule has 0 saturated carbocycles. The first-order valence-corrected chi connectivity index (χ1v) is 8.21. The molecule has 0 radical (unpaired) electrons. The van der Waals surface area contributed by atoms with Crippen LogP contribution in [0.2, 0.25) is 0 Å². The van der Waals surface area contributed by atoms with Gasteiger partial charge in [0.15, 0.2) is 0 Å². The quantitative estimate of drug-likeness (QED) is 0.599. The molecule has 1 aliphatic rings. The van der Waals surface area contributed by atoms with Crippen LogP contribution in [0.5, 0.6) is 5.75 Å². The lowest BCUT2D eigenvalue weighted by molar-refractivity contribution is -0.0692. The largest absolute Gasteiger partial charge is 0.508 e. The number of benzene rings is 1. The number of hydrogen-bond acceptors (Lipinski definition) is 6. The smallest absolute Gasteiger partial charge is 0.121 e. The number of hydrogen-bond donors (Lipinski definition) is 4. The van der Waals surface area contributed by atoms with Crippen LogP contribution in [0.3, 0.4) is 0 Å². The topological polar surface area (TPSA) is 99.4 Å². The Bertz CT molecular complexity index is 563. The van der Waals surface area contributed by atoms with Crippen molar-refractivity contribution in [1.29, 1.82) is 0 Å². The molecule has 4 N–H and O–H groups in total. The zero-order valence-corrected chi connectivity index (χ0v) is 14.7. The highest BCUT2D eigenvalue weighted by Gasteiger charge is 2.34. The molecule has 2 rings (SSSR count). The highest BCUT2D eigenvalue weighted by atomic mass is 16.5. The molecule has 0 fully saturated rings. The van der Waals surface area contributed by atoms with Crippen molar-refractivity contribution in [3.63, 3.8) is 0 Å². The third-order valence-corrected chi connectivity index (χ3v) is 4.66. The average molecular weight is 340 g/mol. The van der Waals surface area contributed by atoms with E-state index in [-0.39, 0.29) is 18.8 Å². The predicted octanol–water partition coefficient (Wildman–Crippen LogP) is 1.42. The normalized spacial score (nSPS) is 21.4. The van der Waals surface area contributed by atoms with Crippen LogP contribution in [-0.2, 0) is 22.5 Å². The van der Waals surface area contributed by atoms with Gasteiger partial charge in [-0.3, -0.25) is 0 Å². The Balaban J connectivity index is 2.33. The summed E-state index contributed by atoms with van der Waals surface area (Å²) in [6.07, 6.45) is -1.92. The molecule has 0 amide bonds. The fraction of sp³-hybridized carbons (Fsp3) is 0.667. The summed E-state index contributed by atoms with van der Waals surface area (Å²) in [6, 6.07) is 3.41. The molecule has 136 valence electrons. The van der Waals surface area contributed by atoms with Crippen LogP contribution in [0, 0.1) is 0 Å². The van der Waals surface area contributed by atoms with E-state index < -0.39 is 30.0 Å². The molecule has 4 atom stereocenters. The van der Waals surface area contributed by atoms with E-state index in [0.29, 0.717) is 12.0 Å². The Morgan fingerprint density at radius 3 is 2.54 bits per heavy atom. The van der Waals surface area contributed by atoms with Crippen molar-refractivity contribution >= 4 is 0 Å². The fourth-order valence-electron chi connectivity index (χ4n) is 3.12. The Morgan fingerprint density at radius 1 is 1.33 bits per heavy atom. The SMILES string of the molecule is COC(Cc1ccc(O)c2c1C(CC(O)C(C)O)OC2)C(C)(C)O. The summed E-state index contributed by atoms with van der Waals surface area (Å²) in [5.41, 5.74) is 1.40. The highest BCUT2D eigenvalue weighted by molar-refractivity contribution is 5.47. The van der Waals surface area contributed by atoms with Crippen molar-refractivity contribution in [2.45, 2.75) is 70.2 Å². The van der Waals surface area contributed by atoms with Gasteiger partial charge >= 0.3 is 0 Å². The summed E-state index contributed by atoms with van der Waals surface area (Å²) in [5, 5.41) is 39.9. The number of methoxy groups -OCH3 is 1. The van der Waals surface area contributed by atoms with Gasteiger partial charge in [0.1, 0.15) is 5.75 Å². The maximum Gasteiger partial charge on any atom is 0.121 e. The third-order valence-electron chi connectivity index (χ3n) is 4.66. The Labute approximate surface area is 142 Å². The standard InChI is InChI=1S/C18H28O6/c1-10(19)14(21)8-15-17-11(7-16(23-4)18(2,3)22)5-6-13(20)12(17)9-24-15/h5-6,10,14-16,19-22H,7-9H2,1-4H3. The lowest BCUT2D eigenvalue weighted by Gasteiger charge is -2.29. The van der Waals surface area contributed by atoms with Gasteiger partial charge < -0.3 is 29.9 Å². The monoisotopic (exact) mass is 340 g/mol. The number of ether oxygens (including phenoxy) is 2. The van der Waals surface area contributed by atoms with Crippen LogP contribution in [0.25, 0.3) is 0 Å².